The van der Waals surface area contributed by atoms with Crippen LogP contribution in [0.1, 0.15) is 27.2 Å². The van der Waals surface area contributed by atoms with E-state index in [9.17, 15) is 0 Å². The highest BCUT2D eigenvalue weighted by molar-refractivity contribution is 4.95. The van der Waals surface area contributed by atoms with Crippen molar-refractivity contribution in [3.63, 3.8) is 0 Å². The van der Waals surface area contributed by atoms with Gasteiger partial charge < -0.3 is 9.64 Å². The Morgan fingerprint density at radius 3 is 2.09 bits per heavy atom. The van der Waals surface area contributed by atoms with E-state index in [1.54, 1.807) is 0 Å². The van der Waals surface area contributed by atoms with Crippen molar-refractivity contribution in [2.24, 2.45) is 0 Å². The van der Waals surface area contributed by atoms with Gasteiger partial charge in [0.1, 0.15) is 0 Å². The molecule has 0 radical (unpaired) electrons. The smallest absolute Gasteiger partial charge is 0.0753 e. The van der Waals surface area contributed by atoms with E-state index >= 15 is 0 Å². The Labute approximate surface area is 69.5 Å². The van der Waals surface area contributed by atoms with E-state index in [1.165, 1.54) is 6.42 Å². The molecule has 0 N–H and O–H groups in total. The lowest BCUT2D eigenvalue weighted by molar-refractivity contribution is -0.0238. The molecule has 2 heteroatoms. The van der Waals surface area contributed by atoms with Crippen LogP contribution in [0.15, 0.2) is 0 Å². The minimum atomic E-state index is 0.0232. The van der Waals surface area contributed by atoms with Crippen molar-refractivity contribution in [2.75, 3.05) is 14.1 Å². The molecule has 11 heavy (non-hydrogen) atoms. The first-order chi connectivity index (χ1) is 4.90. The largest absolute Gasteiger partial charge is 0.371 e. The van der Waals surface area contributed by atoms with Crippen LogP contribution in [0.3, 0.4) is 0 Å². The lowest BCUT2D eigenvalue weighted by atomic mass is 10.2. The van der Waals surface area contributed by atoms with E-state index < -0.39 is 0 Å². The van der Waals surface area contributed by atoms with Gasteiger partial charge in [0.05, 0.1) is 11.7 Å². The van der Waals surface area contributed by atoms with Crippen molar-refractivity contribution in [2.45, 2.75) is 44.9 Å². The van der Waals surface area contributed by atoms with Gasteiger partial charge in [0, 0.05) is 6.04 Å². The molecule has 1 aliphatic rings. The molecule has 0 aromatic heterocycles. The molecule has 2 unspecified atom stereocenters. The standard InChI is InChI=1S/C9H19NO/c1-9(2,3)11-8-6-7(8)10(4)5/h7-8H,6H2,1-5H3. The average Bonchev–Trinajstić information content (AvgIpc) is 2.40. The van der Waals surface area contributed by atoms with Gasteiger partial charge in [-0.05, 0) is 41.3 Å². The minimum absolute atomic E-state index is 0.0232. The normalized spacial score (nSPS) is 31.1. The fourth-order valence-electron chi connectivity index (χ4n) is 1.28. The van der Waals surface area contributed by atoms with Gasteiger partial charge in [-0.3, -0.25) is 0 Å². The predicted octanol–water partition coefficient (Wildman–Crippen LogP) is 1.50. The number of hydrogen-bond donors (Lipinski definition) is 0. The van der Waals surface area contributed by atoms with Crippen LogP contribution in [0.25, 0.3) is 0 Å². The molecule has 0 saturated heterocycles. The van der Waals surface area contributed by atoms with Crippen LogP contribution in [0.5, 0.6) is 0 Å². The van der Waals surface area contributed by atoms with E-state index in [2.05, 4.69) is 39.8 Å². The third kappa shape index (κ3) is 2.80. The van der Waals surface area contributed by atoms with Gasteiger partial charge in [0.25, 0.3) is 0 Å². The summed E-state index contributed by atoms with van der Waals surface area (Å²) >= 11 is 0. The number of nitrogens with zero attached hydrogens (tertiary/aromatic N) is 1. The summed E-state index contributed by atoms with van der Waals surface area (Å²) in [7, 11) is 4.22. The van der Waals surface area contributed by atoms with Crippen molar-refractivity contribution in [1.29, 1.82) is 0 Å². The summed E-state index contributed by atoms with van der Waals surface area (Å²) in [5, 5.41) is 0. The monoisotopic (exact) mass is 157 g/mol. The Morgan fingerprint density at radius 1 is 1.27 bits per heavy atom. The molecule has 0 bridgehead atoms. The SMILES string of the molecule is CN(C)C1CC1OC(C)(C)C. The molecule has 2 nitrogen and oxygen atoms in total. The van der Waals surface area contributed by atoms with Gasteiger partial charge in [-0.15, -0.1) is 0 Å². The van der Waals surface area contributed by atoms with Crippen molar-refractivity contribution in [3.8, 4) is 0 Å². The molecule has 1 aliphatic carbocycles. The maximum absolute atomic E-state index is 5.78. The molecular formula is C9H19NO. The fraction of sp³-hybridized carbons (Fsp3) is 1.00. The third-order valence-electron chi connectivity index (χ3n) is 1.87. The summed E-state index contributed by atoms with van der Waals surface area (Å²) < 4.78 is 5.78. The fourth-order valence-corrected chi connectivity index (χ4v) is 1.28. The lowest BCUT2D eigenvalue weighted by Crippen LogP contribution is -2.25. The van der Waals surface area contributed by atoms with Crippen LogP contribution in [-0.4, -0.2) is 36.7 Å². The molecule has 0 amide bonds. The van der Waals surface area contributed by atoms with Gasteiger partial charge in [-0.1, -0.05) is 0 Å². The van der Waals surface area contributed by atoms with Crippen LogP contribution < -0.4 is 0 Å². The molecule has 1 fully saturated rings. The Hall–Kier alpha value is -0.0800. The maximum atomic E-state index is 5.78. The van der Waals surface area contributed by atoms with Crippen LogP contribution in [0.4, 0.5) is 0 Å². The second kappa shape index (κ2) is 2.76. The van der Waals surface area contributed by atoms with Crippen molar-refractivity contribution < 1.29 is 4.74 Å². The summed E-state index contributed by atoms with van der Waals surface area (Å²) in [6.07, 6.45) is 1.68. The Bertz CT molecular complexity index is 137. The van der Waals surface area contributed by atoms with Crippen molar-refractivity contribution in [1.82, 2.24) is 4.90 Å². The zero-order valence-electron chi connectivity index (χ0n) is 8.22. The van der Waals surface area contributed by atoms with Crippen LogP contribution in [0, 0.1) is 0 Å². The number of rotatable bonds is 2. The zero-order chi connectivity index (χ0) is 8.65. The molecule has 0 heterocycles. The van der Waals surface area contributed by atoms with E-state index in [4.69, 9.17) is 4.74 Å². The Morgan fingerprint density at radius 2 is 1.82 bits per heavy atom. The second-order valence-electron chi connectivity index (χ2n) is 4.54. The summed E-state index contributed by atoms with van der Waals surface area (Å²) in [5.74, 6) is 0. The average molecular weight is 157 g/mol. The summed E-state index contributed by atoms with van der Waals surface area (Å²) in [6.45, 7) is 6.33. The molecule has 2 atom stereocenters. The molecule has 0 aromatic rings. The molecule has 1 saturated carbocycles. The van der Waals surface area contributed by atoms with Gasteiger partial charge in [0.2, 0.25) is 0 Å². The van der Waals surface area contributed by atoms with Crippen molar-refractivity contribution >= 4 is 0 Å². The van der Waals surface area contributed by atoms with Gasteiger partial charge in [-0.25, -0.2) is 0 Å². The van der Waals surface area contributed by atoms with Gasteiger partial charge in [0.15, 0.2) is 0 Å². The predicted molar refractivity (Wildman–Crippen MR) is 46.7 cm³/mol. The van der Waals surface area contributed by atoms with Gasteiger partial charge in [-0.2, -0.15) is 0 Å². The lowest BCUT2D eigenvalue weighted by Gasteiger charge is -2.20. The molecule has 0 spiro atoms. The highest BCUT2D eigenvalue weighted by atomic mass is 16.5. The Balaban J connectivity index is 2.24. The van der Waals surface area contributed by atoms with Crippen molar-refractivity contribution in [3.05, 3.63) is 0 Å². The number of hydrogen-bond acceptors (Lipinski definition) is 2. The summed E-state index contributed by atoms with van der Waals surface area (Å²) in [5.41, 5.74) is 0.0232. The summed E-state index contributed by atoms with van der Waals surface area (Å²) in [4.78, 5) is 2.23. The number of ether oxygens (including phenoxy) is 1. The molecule has 1 rings (SSSR count). The van der Waals surface area contributed by atoms with Gasteiger partial charge >= 0.3 is 0 Å². The third-order valence-corrected chi connectivity index (χ3v) is 1.87. The van der Waals surface area contributed by atoms with E-state index in [1.807, 2.05) is 0 Å². The highest BCUT2D eigenvalue weighted by Crippen LogP contribution is 2.32. The van der Waals surface area contributed by atoms with E-state index in [0.29, 0.717) is 12.1 Å². The summed E-state index contributed by atoms with van der Waals surface area (Å²) in [6, 6.07) is 0.661. The highest BCUT2D eigenvalue weighted by Gasteiger charge is 2.42. The zero-order valence-corrected chi connectivity index (χ0v) is 8.22. The van der Waals surface area contributed by atoms with E-state index in [-0.39, 0.29) is 5.60 Å². The van der Waals surface area contributed by atoms with Crippen LogP contribution in [0.2, 0.25) is 0 Å². The van der Waals surface area contributed by atoms with Crippen LogP contribution in [-0.2, 0) is 4.74 Å². The molecule has 0 aromatic carbocycles. The molecule has 66 valence electrons. The molecule has 0 aliphatic heterocycles. The Kier molecular flexibility index (Phi) is 2.26. The number of likely N-dealkylation sites (N-methyl/N-ethyl adjacent to an activating group) is 1. The second-order valence-corrected chi connectivity index (χ2v) is 4.54. The first-order valence-corrected chi connectivity index (χ1v) is 4.24. The van der Waals surface area contributed by atoms with E-state index in [0.717, 1.165) is 0 Å². The topological polar surface area (TPSA) is 12.5 Å². The van der Waals surface area contributed by atoms with Crippen LogP contribution >= 0.6 is 0 Å². The maximum Gasteiger partial charge on any atom is 0.0753 e. The first-order valence-electron chi connectivity index (χ1n) is 4.24. The quantitative estimate of drug-likeness (QED) is 0.602. The minimum Gasteiger partial charge on any atom is -0.371 e. The molecular weight excluding hydrogens is 138 g/mol. The first kappa shape index (κ1) is 9.01.